The molecule has 0 saturated heterocycles. The number of anilines is 2. The van der Waals surface area contributed by atoms with E-state index < -0.39 is 11.8 Å². The third-order valence-corrected chi connectivity index (χ3v) is 6.57. The summed E-state index contributed by atoms with van der Waals surface area (Å²) in [6.45, 7) is 3.73. The quantitative estimate of drug-likeness (QED) is 0.470. The molecule has 0 bridgehead atoms. The molecule has 172 valence electrons. The van der Waals surface area contributed by atoms with E-state index in [0.717, 1.165) is 41.7 Å². The van der Waals surface area contributed by atoms with Crippen LogP contribution in [0.2, 0.25) is 0 Å². The highest BCUT2D eigenvalue weighted by Gasteiger charge is 2.39. The number of carbonyl (C=O) groups is 3. The minimum Gasteiger partial charge on any atom is -0.350 e. The minimum absolute atomic E-state index is 0.00361. The Morgan fingerprint density at radius 1 is 0.970 bits per heavy atom. The Morgan fingerprint density at radius 2 is 1.70 bits per heavy atom. The maximum atomic E-state index is 13.1. The summed E-state index contributed by atoms with van der Waals surface area (Å²) in [4.78, 5) is 39.8. The summed E-state index contributed by atoms with van der Waals surface area (Å²) in [7, 11) is 0. The van der Waals surface area contributed by atoms with Crippen molar-refractivity contribution >= 4 is 40.7 Å². The van der Waals surface area contributed by atoms with E-state index in [1.807, 2.05) is 26.0 Å². The molecule has 0 unspecified atom stereocenters. The number of hydrogen-bond acceptors (Lipinski definition) is 4. The lowest BCUT2D eigenvalue weighted by Gasteiger charge is -2.18. The highest BCUT2D eigenvalue weighted by Crippen LogP contribution is 2.32. The molecule has 7 heteroatoms. The zero-order valence-corrected chi connectivity index (χ0v) is 19.7. The van der Waals surface area contributed by atoms with E-state index in [2.05, 4.69) is 10.6 Å². The molecule has 0 atom stereocenters. The SMILES string of the molecule is Cc1ccc(C)c(N2C(=O)C(Cl)=C(Nc3cccc(C(=O)NC4CCCCCC4)c3)C2=O)c1. The van der Waals surface area contributed by atoms with Crippen LogP contribution in [0.15, 0.2) is 53.2 Å². The molecule has 2 aromatic rings. The van der Waals surface area contributed by atoms with Gasteiger partial charge in [-0.1, -0.05) is 55.5 Å². The minimum atomic E-state index is -0.569. The Labute approximate surface area is 199 Å². The van der Waals surface area contributed by atoms with E-state index in [9.17, 15) is 14.4 Å². The molecule has 1 aliphatic carbocycles. The summed E-state index contributed by atoms with van der Waals surface area (Å²) in [6.07, 6.45) is 6.69. The number of halogens is 1. The van der Waals surface area contributed by atoms with Gasteiger partial charge in [0.2, 0.25) is 0 Å². The van der Waals surface area contributed by atoms with Crippen molar-refractivity contribution in [2.45, 2.75) is 58.4 Å². The number of aryl methyl sites for hydroxylation is 2. The molecule has 6 nitrogen and oxygen atoms in total. The van der Waals surface area contributed by atoms with Crippen LogP contribution in [0, 0.1) is 13.8 Å². The van der Waals surface area contributed by atoms with Gasteiger partial charge in [-0.3, -0.25) is 14.4 Å². The lowest BCUT2D eigenvalue weighted by atomic mass is 10.1. The first kappa shape index (κ1) is 23.1. The van der Waals surface area contributed by atoms with Gasteiger partial charge in [-0.15, -0.1) is 0 Å². The van der Waals surface area contributed by atoms with Crippen LogP contribution in [0.4, 0.5) is 11.4 Å². The van der Waals surface area contributed by atoms with Crippen molar-refractivity contribution in [2.24, 2.45) is 0 Å². The fourth-order valence-electron chi connectivity index (χ4n) is 4.37. The van der Waals surface area contributed by atoms with Gasteiger partial charge < -0.3 is 10.6 Å². The Balaban J connectivity index is 1.51. The van der Waals surface area contributed by atoms with Gasteiger partial charge in [0, 0.05) is 17.3 Å². The maximum absolute atomic E-state index is 13.1. The van der Waals surface area contributed by atoms with Gasteiger partial charge in [0.15, 0.2) is 0 Å². The average molecular weight is 466 g/mol. The normalized spacial score (nSPS) is 17.4. The number of hydrogen-bond donors (Lipinski definition) is 2. The fourth-order valence-corrected chi connectivity index (χ4v) is 4.58. The van der Waals surface area contributed by atoms with Crippen LogP contribution >= 0.6 is 11.6 Å². The molecule has 0 spiro atoms. The Kier molecular flexibility index (Phi) is 6.84. The van der Waals surface area contributed by atoms with E-state index >= 15 is 0 Å². The highest BCUT2D eigenvalue weighted by atomic mass is 35.5. The fraction of sp³-hybridized carbons (Fsp3) is 0.346. The van der Waals surface area contributed by atoms with Crippen LogP contribution in [0.25, 0.3) is 0 Å². The molecule has 1 fully saturated rings. The van der Waals surface area contributed by atoms with Crippen LogP contribution in [-0.4, -0.2) is 23.8 Å². The monoisotopic (exact) mass is 465 g/mol. The number of nitrogens with zero attached hydrogens (tertiary/aromatic N) is 1. The molecule has 1 aliphatic heterocycles. The number of carbonyl (C=O) groups excluding carboxylic acids is 3. The third kappa shape index (κ3) is 4.96. The van der Waals surface area contributed by atoms with E-state index in [1.54, 1.807) is 30.3 Å². The molecule has 0 radical (unpaired) electrons. The third-order valence-electron chi connectivity index (χ3n) is 6.22. The molecular formula is C26H28ClN3O3. The largest absolute Gasteiger partial charge is 0.350 e. The van der Waals surface area contributed by atoms with Crippen LogP contribution < -0.4 is 15.5 Å². The lowest BCUT2D eigenvalue weighted by Crippen LogP contribution is -2.34. The van der Waals surface area contributed by atoms with Crippen molar-refractivity contribution in [3.63, 3.8) is 0 Å². The van der Waals surface area contributed by atoms with Crippen molar-refractivity contribution in [1.29, 1.82) is 0 Å². The zero-order chi connectivity index (χ0) is 23.5. The first-order valence-corrected chi connectivity index (χ1v) is 11.8. The Hall–Kier alpha value is -3.12. The summed E-state index contributed by atoms with van der Waals surface area (Å²) in [5.74, 6) is -1.23. The van der Waals surface area contributed by atoms with Crippen molar-refractivity contribution < 1.29 is 14.4 Å². The first-order chi connectivity index (χ1) is 15.8. The second kappa shape index (κ2) is 9.79. The number of imide groups is 1. The number of amides is 3. The molecule has 1 heterocycles. The molecule has 2 N–H and O–H groups in total. The second-order valence-corrected chi connectivity index (χ2v) is 9.17. The van der Waals surface area contributed by atoms with Crippen molar-refractivity contribution in [1.82, 2.24) is 5.32 Å². The summed E-state index contributed by atoms with van der Waals surface area (Å²) < 4.78 is 0. The Morgan fingerprint density at radius 3 is 2.42 bits per heavy atom. The predicted octanol–water partition coefficient (Wildman–Crippen LogP) is 5.19. The van der Waals surface area contributed by atoms with E-state index in [4.69, 9.17) is 11.6 Å². The molecule has 3 amide bonds. The molecule has 0 aromatic heterocycles. The van der Waals surface area contributed by atoms with Gasteiger partial charge in [-0.25, -0.2) is 4.90 Å². The van der Waals surface area contributed by atoms with Gasteiger partial charge in [-0.05, 0) is 62.1 Å². The van der Waals surface area contributed by atoms with Gasteiger partial charge in [0.25, 0.3) is 17.7 Å². The van der Waals surface area contributed by atoms with Crippen LogP contribution in [0.1, 0.15) is 60.0 Å². The standard InChI is InChI=1S/C26H28ClN3O3/c1-16-12-13-17(2)21(14-16)30-25(32)22(27)23(26(30)33)28-20-11-7-8-18(15-20)24(31)29-19-9-5-3-4-6-10-19/h7-8,11-15,19,28H,3-6,9-10H2,1-2H3,(H,29,31). The van der Waals surface area contributed by atoms with Gasteiger partial charge >= 0.3 is 0 Å². The molecule has 4 rings (SSSR count). The second-order valence-electron chi connectivity index (χ2n) is 8.79. The summed E-state index contributed by atoms with van der Waals surface area (Å²) in [5, 5.41) is 5.92. The van der Waals surface area contributed by atoms with Crippen molar-refractivity contribution in [2.75, 3.05) is 10.2 Å². The molecule has 1 saturated carbocycles. The van der Waals surface area contributed by atoms with Crippen LogP contribution in [0.5, 0.6) is 0 Å². The van der Waals surface area contributed by atoms with Crippen LogP contribution in [0.3, 0.4) is 0 Å². The van der Waals surface area contributed by atoms with Gasteiger partial charge in [0.05, 0.1) is 5.69 Å². The molecule has 2 aliphatic rings. The molecular weight excluding hydrogens is 438 g/mol. The summed E-state index contributed by atoms with van der Waals surface area (Å²) >= 11 is 6.28. The van der Waals surface area contributed by atoms with Crippen LogP contribution in [-0.2, 0) is 9.59 Å². The first-order valence-electron chi connectivity index (χ1n) is 11.4. The maximum Gasteiger partial charge on any atom is 0.283 e. The van der Waals surface area contributed by atoms with E-state index in [-0.39, 0.29) is 22.7 Å². The smallest absolute Gasteiger partial charge is 0.283 e. The predicted molar refractivity (Wildman–Crippen MR) is 130 cm³/mol. The van der Waals surface area contributed by atoms with Crippen molar-refractivity contribution in [3.05, 3.63) is 69.9 Å². The summed E-state index contributed by atoms with van der Waals surface area (Å²) in [6, 6.07) is 12.6. The van der Waals surface area contributed by atoms with Gasteiger partial charge in [0.1, 0.15) is 10.7 Å². The Bertz CT molecular complexity index is 1130. The number of benzene rings is 2. The highest BCUT2D eigenvalue weighted by molar-refractivity contribution is 6.53. The van der Waals surface area contributed by atoms with Gasteiger partial charge in [-0.2, -0.15) is 0 Å². The summed E-state index contributed by atoms with van der Waals surface area (Å²) in [5.41, 5.74) is 3.25. The van der Waals surface area contributed by atoms with Crippen molar-refractivity contribution in [3.8, 4) is 0 Å². The zero-order valence-electron chi connectivity index (χ0n) is 18.9. The average Bonchev–Trinajstić information content (AvgIpc) is 2.98. The lowest BCUT2D eigenvalue weighted by molar-refractivity contribution is -0.120. The molecule has 33 heavy (non-hydrogen) atoms. The topological polar surface area (TPSA) is 78.5 Å². The van der Waals surface area contributed by atoms with E-state index in [1.165, 1.54) is 12.8 Å². The number of nitrogens with one attached hydrogen (secondary N) is 2. The molecule has 2 aromatic carbocycles. The van der Waals surface area contributed by atoms with E-state index in [0.29, 0.717) is 16.9 Å². The number of rotatable bonds is 5.